The molecule has 1 saturated carbocycles. The van der Waals surface area contributed by atoms with E-state index in [1.54, 1.807) is 0 Å². The van der Waals surface area contributed by atoms with Crippen molar-refractivity contribution in [3.63, 3.8) is 0 Å². The molecule has 0 bridgehead atoms. The van der Waals surface area contributed by atoms with Gasteiger partial charge in [-0.15, -0.1) is 0 Å². The summed E-state index contributed by atoms with van der Waals surface area (Å²) in [5.74, 6) is 0.294. The zero-order chi connectivity index (χ0) is 15.6. The number of sulfone groups is 1. The van der Waals surface area contributed by atoms with Crippen LogP contribution in [0.15, 0.2) is 22.7 Å². The molecule has 1 N–H and O–H groups in total. The molecule has 0 saturated heterocycles. The van der Waals surface area contributed by atoms with Gasteiger partial charge in [0.1, 0.15) is 9.84 Å². The summed E-state index contributed by atoms with van der Waals surface area (Å²) in [4.78, 5) is 0. The van der Waals surface area contributed by atoms with Gasteiger partial charge in [0.15, 0.2) is 0 Å². The van der Waals surface area contributed by atoms with E-state index in [0.29, 0.717) is 17.4 Å². The van der Waals surface area contributed by atoms with E-state index in [4.69, 9.17) is 11.6 Å². The lowest BCUT2D eigenvalue weighted by Crippen LogP contribution is -2.34. The Labute approximate surface area is 140 Å². The molecule has 1 aromatic carbocycles. The Morgan fingerprint density at radius 2 is 2.10 bits per heavy atom. The van der Waals surface area contributed by atoms with E-state index in [-0.39, 0.29) is 11.3 Å². The number of nitrogens with one attached hydrogen (secondary N) is 1. The Bertz CT molecular complexity index is 606. The highest BCUT2D eigenvalue weighted by Crippen LogP contribution is 2.39. The Kier molecular flexibility index (Phi) is 5.74. The molecule has 6 heteroatoms. The van der Waals surface area contributed by atoms with Crippen LogP contribution >= 0.6 is 27.5 Å². The van der Waals surface area contributed by atoms with E-state index in [1.165, 1.54) is 6.26 Å². The van der Waals surface area contributed by atoms with E-state index < -0.39 is 9.84 Å². The lowest BCUT2D eigenvalue weighted by Gasteiger charge is -2.34. The molecule has 0 aromatic heterocycles. The molecule has 2 rings (SSSR count). The minimum Gasteiger partial charge on any atom is -0.313 e. The molecule has 0 aliphatic heterocycles. The Morgan fingerprint density at radius 1 is 1.38 bits per heavy atom. The Morgan fingerprint density at radius 3 is 2.67 bits per heavy atom. The fraction of sp³-hybridized carbons (Fsp3) is 0.600. The van der Waals surface area contributed by atoms with Gasteiger partial charge in [-0.05, 0) is 49.9 Å². The molecule has 118 valence electrons. The van der Waals surface area contributed by atoms with Crippen LogP contribution in [0.2, 0.25) is 5.02 Å². The SMILES string of the molecule is CNC(c1ccc(Br)cc1Cl)C1CCCC(S(C)(=O)=O)C1. The van der Waals surface area contributed by atoms with Crippen molar-refractivity contribution in [2.24, 2.45) is 5.92 Å². The molecule has 21 heavy (non-hydrogen) atoms. The molecule has 1 aliphatic carbocycles. The first-order valence-electron chi connectivity index (χ1n) is 7.14. The lowest BCUT2D eigenvalue weighted by atomic mass is 9.81. The normalized spacial score (nSPS) is 24.8. The van der Waals surface area contributed by atoms with E-state index in [0.717, 1.165) is 29.3 Å². The van der Waals surface area contributed by atoms with Gasteiger partial charge in [0.25, 0.3) is 0 Å². The van der Waals surface area contributed by atoms with Crippen LogP contribution in [0.3, 0.4) is 0 Å². The average molecular weight is 395 g/mol. The minimum absolute atomic E-state index is 0.0927. The highest BCUT2D eigenvalue weighted by atomic mass is 79.9. The van der Waals surface area contributed by atoms with Gasteiger partial charge in [-0.2, -0.15) is 0 Å². The van der Waals surface area contributed by atoms with Crippen LogP contribution in [-0.4, -0.2) is 27.0 Å². The molecule has 3 nitrogen and oxygen atoms in total. The molecule has 0 heterocycles. The molecule has 0 spiro atoms. The first kappa shape index (κ1) is 17.3. The number of benzene rings is 1. The summed E-state index contributed by atoms with van der Waals surface area (Å²) >= 11 is 9.78. The molecule has 1 aromatic rings. The van der Waals surface area contributed by atoms with E-state index in [1.807, 2.05) is 25.2 Å². The van der Waals surface area contributed by atoms with Gasteiger partial charge in [-0.1, -0.05) is 40.0 Å². The van der Waals surface area contributed by atoms with Crippen LogP contribution in [0.1, 0.15) is 37.3 Å². The largest absolute Gasteiger partial charge is 0.313 e. The van der Waals surface area contributed by atoms with Crippen molar-refractivity contribution in [3.05, 3.63) is 33.3 Å². The summed E-state index contributed by atoms with van der Waals surface area (Å²) < 4.78 is 24.6. The van der Waals surface area contributed by atoms with Gasteiger partial charge in [0.2, 0.25) is 0 Å². The highest BCUT2D eigenvalue weighted by molar-refractivity contribution is 9.10. The van der Waals surface area contributed by atoms with Gasteiger partial charge in [0.05, 0.1) is 5.25 Å². The number of halogens is 2. The van der Waals surface area contributed by atoms with Crippen molar-refractivity contribution in [1.29, 1.82) is 0 Å². The van der Waals surface area contributed by atoms with Crippen LogP contribution in [0.5, 0.6) is 0 Å². The number of hydrogen-bond acceptors (Lipinski definition) is 3. The van der Waals surface area contributed by atoms with Crippen molar-refractivity contribution in [1.82, 2.24) is 5.32 Å². The predicted octanol–water partition coefficient (Wildman–Crippen LogP) is 3.97. The maximum Gasteiger partial charge on any atom is 0.150 e. The first-order valence-corrected chi connectivity index (χ1v) is 10.3. The van der Waals surface area contributed by atoms with Gasteiger partial charge in [-0.25, -0.2) is 8.42 Å². The summed E-state index contributed by atoms with van der Waals surface area (Å²) in [7, 11) is -1.06. The molecule has 0 amide bonds. The quantitative estimate of drug-likeness (QED) is 0.840. The van der Waals surface area contributed by atoms with Crippen molar-refractivity contribution >= 4 is 37.4 Å². The maximum absolute atomic E-state index is 11.8. The second kappa shape index (κ2) is 6.99. The number of hydrogen-bond donors (Lipinski definition) is 1. The predicted molar refractivity (Wildman–Crippen MR) is 91.5 cm³/mol. The van der Waals surface area contributed by atoms with Crippen molar-refractivity contribution in [2.75, 3.05) is 13.3 Å². The smallest absolute Gasteiger partial charge is 0.150 e. The first-order chi connectivity index (χ1) is 9.82. The van der Waals surface area contributed by atoms with Gasteiger partial charge in [0, 0.05) is 21.8 Å². The monoisotopic (exact) mass is 393 g/mol. The van der Waals surface area contributed by atoms with Crippen LogP contribution in [0.25, 0.3) is 0 Å². The fourth-order valence-corrected chi connectivity index (χ4v) is 5.25. The number of rotatable bonds is 4. The van der Waals surface area contributed by atoms with Gasteiger partial charge in [-0.3, -0.25) is 0 Å². The summed E-state index contributed by atoms with van der Waals surface area (Å²) in [6, 6.07) is 5.97. The zero-order valence-electron chi connectivity index (χ0n) is 12.3. The summed E-state index contributed by atoms with van der Waals surface area (Å²) in [5.41, 5.74) is 1.04. The standard InChI is InChI=1S/C15H21BrClNO2S/c1-18-15(13-7-6-11(16)9-14(13)17)10-4-3-5-12(8-10)21(2,19)20/h6-7,9-10,12,15,18H,3-5,8H2,1-2H3. The van der Waals surface area contributed by atoms with E-state index in [2.05, 4.69) is 21.2 Å². The van der Waals surface area contributed by atoms with E-state index in [9.17, 15) is 8.42 Å². The molecular formula is C15H21BrClNO2S. The zero-order valence-corrected chi connectivity index (χ0v) is 15.4. The molecule has 3 atom stereocenters. The van der Waals surface area contributed by atoms with Crippen LogP contribution in [0, 0.1) is 5.92 Å². The topological polar surface area (TPSA) is 46.2 Å². The Balaban J connectivity index is 2.24. The molecule has 1 aliphatic rings. The summed E-state index contributed by atoms with van der Waals surface area (Å²) in [5, 5.41) is 3.82. The van der Waals surface area contributed by atoms with Crippen molar-refractivity contribution in [3.8, 4) is 0 Å². The fourth-order valence-electron chi connectivity index (χ4n) is 3.27. The molecular weight excluding hydrogens is 374 g/mol. The van der Waals surface area contributed by atoms with Crippen molar-refractivity contribution in [2.45, 2.75) is 37.0 Å². The second-order valence-corrected chi connectivity index (χ2v) is 9.46. The lowest BCUT2D eigenvalue weighted by molar-refractivity contribution is 0.283. The summed E-state index contributed by atoms with van der Waals surface area (Å²) in [6.45, 7) is 0. The summed E-state index contributed by atoms with van der Waals surface area (Å²) in [6.07, 6.45) is 4.82. The molecule has 1 fully saturated rings. The van der Waals surface area contributed by atoms with Gasteiger partial charge < -0.3 is 5.32 Å². The minimum atomic E-state index is -2.97. The average Bonchev–Trinajstić information content (AvgIpc) is 2.41. The van der Waals surface area contributed by atoms with Crippen molar-refractivity contribution < 1.29 is 8.42 Å². The third kappa shape index (κ3) is 4.21. The second-order valence-electron chi connectivity index (χ2n) is 5.81. The maximum atomic E-state index is 11.8. The van der Waals surface area contributed by atoms with Crippen LogP contribution in [0.4, 0.5) is 0 Å². The molecule has 0 radical (unpaired) electrons. The van der Waals surface area contributed by atoms with E-state index >= 15 is 0 Å². The van der Waals surface area contributed by atoms with Gasteiger partial charge >= 0.3 is 0 Å². The Hall–Kier alpha value is -0.100. The third-order valence-electron chi connectivity index (χ3n) is 4.35. The van der Waals surface area contributed by atoms with Crippen LogP contribution in [-0.2, 0) is 9.84 Å². The third-order valence-corrected chi connectivity index (χ3v) is 6.81. The van der Waals surface area contributed by atoms with Crippen LogP contribution < -0.4 is 5.32 Å². The molecule has 3 unspecified atom stereocenters. The highest BCUT2D eigenvalue weighted by Gasteiger charge is 2.33.